The number of carbonyl (C=O) groups is 2. The van der Waals surface area contributed by atoms with Crippen molar-refractivity contribution < 1.29 is 19.1 Å². The molecule has 51 heavy (non-hydrogen) atoms. The lowest BCUT2D eigenvalue weighted by molar-refractivity contribution is 0.0822. The summed E-state index contributed by atoms with van der Waals surface area (Å²) in [5.41, 5.74) is 4.20. The highest BCUT2D eigenvalue weighted by molar-refractivity contribution is 6.43. The third-order valence-electron chi connectivity index (χ3n) is 10.7. The molecule has 3 saturated heterocycles. The van der Waals surface area contributed by atoms with Gasteiger partial charge in [-0.1, -0.05) is 35.3 Å². The number of rotatable bonds is 7. The van der Waals surface area contributed by atoms with Crippen LogP contribution < -0.4 is 5.32 Å². The fraction of sp³-hybridized carbons (Fsp3) is 0.342. The standard InChI is InChI=1S/C38H34Cl2FN7O3/c1-46(2)37(49)26-11-10-20(17-43-26)33-24-16-29(28-9-5-13-47(28)38(50)51)48(35-21-15-27(35)44-18-21)36(24)23-14-19(6-4-12-42)30(32(41)34(23)45-33)22-7-3-8-25(39)31(22)40/h3,7-8,10-11,14,16-17,21,27-28,35,44H,4-6,9,13,15,18H2,1-2H3,(H,50,51)/t21-,27-,28-,35+/m1/s1. The number of hydrogen-bond acceptors (Lipinski definition) is 6. The minimum atomic E-state index is -0.981. The van der Waals surface area contributed by atoms with Gasteiger partial charge < -0.3 is 19.9 Å². The van der Waals surface area contributed by atoms with E-state index >= 15 is 4.39 Å². The van der Waals surface area contributed by atoms with E-state index in [0.29, 0.717) is 46.7 Å². The van der Waals surface area contributed by atoms with Crippen LogP contribution >= 0.6 is 23.2 Å². The number of nitriles is 1. The summed E-state index contributed by atoms with van der Waals surface area (Å²) in [5, 5.41) is 25.2. The van der Waals surface area contributed by atoms with Crippen molar-refractivity contribution in [3.63, 3.8) is 0 Å². The highest BCUT2D eigenvalue weighted by Gasteiger charge is 2.50. The molecule has 2 amide bonds. The van der Waals surface area contributed by atoms with Crippen LogP contribution in [0.5, 0.6) is 0 Å². The normalized spacial score (nSPS) is 20.9. The summed E-state index contributed by atoms with van der Waals surface area (Å²) in [7, 11) is 3.31. The minimum Gasteiger partial charge on any atom is -0.465 e. The molecule has 0 spiro atoms. The molecule has 0 unspecified atom stereocenters. The average Bonchev–Trinajstić information content (AvgIpc) is 3.93. The quantitative estimate of drug-likeness (QED) is 0.175. The molecule has 4 fully saturated rings. The summed E-state index contributed by atoms with van der Waals surface area (Å²) in [6.45, 7) is 1.26. The van der Waals surface area contributed by atoms with E-state index in [1.807, 2.05) is 12.1 Å². The molecule has 260 valence electrons. The van der Waals surface area contributed by atoms with Gasteiger partial charge >= 0.3 is 6.09 Å². The summed E-state index contributed by atoms with van der Waals surface area (Å²) in [4.78, 5) is 37.7. The molecule has 2 bridgehead atoms. The Morgan fingerprint density at radius 2 is 2.00 bits per heavy atom. The second kappa shape index (κ2) is 12.8. The minimum absolute atomic E-state index is 0.0260. The molecular weight excluding hydrogens is 692 g/mol. The predicted octanol–water partition coefficient (Wildman–Crippen LogP) is 7.87. The molecule has 1 aliphatic carbocycles. The van der Waals surface area contributed by atoms with Crippen molar-refractivity contribution in [3.05, 3.63) is 81.5 Å². The van der Waals surface area contributed by atoms with E-state index in [2.05, 4.69) is 20.9 Å². The third kappa shape index (κ3) is 5.31. The van der Waals surface area contributed by atoms with Crippen molar-refractivity contribution in [1.29, 1.82) is 5.26 Å². The number of aromatic nitrogens is 3. The number of carboxylic acid groups (broad SMARTS) is 1. The van der Waals surface area contributed by atoms with E-state index in [1.165, 1.54) is 9.80 Å². The van der Waals surface area contributed by atoms with Gasteiger partial charge in [0.2, 0.25) is 0 Å². The second-order valence-corrected chi connectivity index (χ2v) is 14.6. The number of nitrogens with one attached hydrogen (secondary N) is 1. The Bertz CT molecular complexity index is 2290. The lowest BCUT2D eigenvalue weighted by Crippen LogP contribution is -2.40. The molecule has 4 atom stereocenters. The van der Waals surface area contributed by atoms with Crippen molar-refractivity contribution in [2.75, 3.05) is 27.2 Å². The van der Waals surface area contributed by atoms with Crippen LogP contribution in [0, 0.1) is 23.1 Å². The first-order valence-corrected chi connectivity index (χ1v) is 17.8. The van der Waals surface area contributed by atoms with Gasteiger partial charge in [-0.2, -0.15) is 5.26 Å². The second-order valence-electron chi connectivity index (χ2n) is 13.8. The van der Waals surface area contributed by atoms with Crippen LogP contribution in [0.1, 0.15) is 59.5 Å². The van der Waals surface area contributed by atoms with Gasteiger partial charge in [0, 0.05) is 79.0 Å². The fourth-order valence-corrected chi connectivity index (χ4v) is 8.76. The summed E-state index contributed by atoms with van der Waals surface area (Å²) >= 11 is 13.1. The molecule has 3 aliphatic heterocycles. The van der Waals surface area contributed by atoms with Crippen LogP contribution in [0.4, 0.5) is 9.18 Å². The molecular formula is C38H34Cl2FN7O3. The summed E-state index contributed by atoms with van der Waals surface area (Å²) in [6.07, 6.45) is 3.37. The molecule has 10 nitrogen and oxygen atoms in total. The maximum Gasteiger partial charge on any atom is 0.407 e. The molecule has 6 heterocycles. The molecule has 13 heteroatoms. The van der Waals surface area contributed by atoms with E-state index in [1.54, 1.807) is 50.6 Å². The van der Waals surface area contributed by atoms with Gasteiger partial charge in [0.15, 0.2) is 5.82 Å². The largest absolute Gasteiger partial charge is 0.465 e. The lowest BCUT2D eigenvalue weighted by atomic mass is 9.79. The van der Waals surface area contributed by atoms with Crippen LogP contribution in [0.2, 0.25) is 10.0 Å². The fourth-order valence-electron chi connectivity index (χ4n) is 8.36. The SMILES string of the molecule is CN(C)C(=O)c1ccc(-c2nc3c(F)c(-c4cccc(Cl)c4Cl)c(CCC#N)cc3c3c2cc([C@H]2CCCN2C(=O)O)n3[C@H]2[C@H]3CN[C@@H]2C3)cn1. The van der Waals surface area contributed by atoms with Crippen molar-refractivity contribution >= 4 is 57.0 Å². The highest BCUT2D eigenvalue weighted by Crippen LogP contribution is 2.51. The van der Waals surface area contributed by atoms with E-state index in [-0.39, 0.29) is 57.7 Å². The Morgan fingerprint density at radius 3 is 2.67 bits per heavy atom. The summed E-state index contributed by atoms with van der Waals surface area (Å²) in [6, 6.07) is 14.4. The molecule has 5 aromatic rings. The van der Waals surface area contributed by atoms with Gasteiger partial charge in [-0.15, -0.1) is 0 Å². The van der Waals surface area contributed by atoms with Gasteiger partial charge in [0.05, 0.1) is 39.4 Å². The monoisotopic (exact) mass is 725 g/mol. The molecule has 0 radical (unpaired) electrons. The number of carbonyl (C=O) groups excluding carboxylic acids is 1. The van der Waals surface area contributed by atoms with Crippen LogP contribution in [0.25, 0.3) is 44.2 Å². The van der Waals surface area contributed by atoms with Crippen molar-refractivity contribution in [2.45, 2.75) is 50.2 Å². The van der Waals surface area contributed by atoms with Crippen LogP contribution in [-0.4, -0.2) is 74.7 Å². The third-order valence-corrected chi connectivity index (χ3v) is 11.6. The molecule has 3 aromatic heterocycles. The van der Waals surface area contributed by atoms with Gasteiger partial charge in [-0.05, 0) is 67.5 Å². The summed E-state index contributed by atoms with van der Waals surface area (Å²) in [5.74, 6) is -0.535. The van der Waals surface area contributed by atoms with Crippen LogP contribution in [0.15, 0.2) is 48.7 Å². The number of fused-ring (bicyclic) bond motifs is 4. The lowest BCUT2D eigenvalue weighted by Gasteiger charge is -2.39. The topological polar surface area (TPSA) is 127 Å². The molecule has 9 rings (SSSR count). The molecule has 1 saturated carbocycles. The average molecular weight is 727 g/mol. The smallest absolute Gasteiger partial charge is 0.407 e. The van der Waals surface area contributed by atoms with E-state index in [4.69, 9.17) is 28.2 Å². The Hall–Kier alpha value is -4.76. The number of halogens is 3. The molecule has 2 aromatic carbocycles. The van der Waals surface area contributed by atoms with Crippen molar-refractivity contribution in [2.24, 2.45) is 5.92 Å². The Kier molecular flexibility index (Phi) is 8.37. The van der Waals surface area contributed by atoms with Crippen LogP contribution in [0.3, 0.4) is 0 Å². The summed E-state index contributed by atoms with van der Waals surface area (Å²) < 4.78 is 19.7. The van der Waals surface area contributed by atoms with Gasteiger partial charge in [0.1, 0.15) is 11.2 Å². The molecule has 2 N–H and O–H groups in total. The number of nitrogens with zero attached hydrogens (tertiary/aromatic N) is 6. The number of amides is 2. The first-order chi connectivity index (χ1) is 24.6. The first-order valence-electron chi connectivity index (χ1n) is 17.0. The van der Waals surface area contributed by atoms with E-state index in [0.717, 1.165) is 36.0 Å². The number of likely N-dealkylation sites (tertiary alicyclic amines) is 1. The number of hydrogen-bond donors (Lipinski definition) is 2. The maximum absolute atomic E-state index is 17.5. The van der Waals surface area contributed by atoms with Crippen molar-refractivity contribution in [1.82, 2.24) is 29.7 Å². The number of aryl methyl sites for hydroxylation is 1. The molecule has 4 aliphatic rings. The van der Waals surface area contributed by atoms with E-state index in [9.17, 15) is 20.0 Å². The first kappa shape index (κ1) is 33.4. The zero-order valence-corrected chi connectivity index (χ0v) is 29.5. The zero-order valence-electron chi connectivity index (χ0n) is 28.0. The predicted molar refractivity (Wildman–Crippen MR) is 193 cm³/mol. The van der Waals surface area contributed by atoms with E-state index < -0.39 is 18.0 Å². The number of pyridine rings is 2. The Labute approximate surface area is 303 Å². The Morgan fingerprint density at radius 1 is 1.18 bits per heavy atom. The highest BCUT2D eigenvalue weighted by atomic mass is 35.5. The van der Waals surface area contributed by atoms with Gasteiger partial charge in [-0.3, -0.25) is 14.7 Å². The van der Waals surface area contributed by atoms with Gasteiger partial charge in [-0.25, -0.2) is 14.2 Å². The Balaban J connectivity index is 1.49. The van der Waals surface area contributed by atoms with Gasteiger partial charge in [0.25, 0.3) is 5.91 Å². The number of benzene rings is 2. The van der Waals surface area contributed by atoms with Crippen LogP contribution in [-0.2, 0) is 6.42 Å². The van der Waals surface area contributed by atoms with Crippen molar-refractivity contribution in [3.8, 4) is 28.5 Å². The zero-order chi connectivity index (χ0) is 35.7. The maximum atomic E-state index is 17.5.